The summed E-state index contributed by atoms with van der Waals surface area (Å²) in [5.74, 6) is -0.568. The highest BCUT2D eigenvalue weighted by atomic mass is 32.2. The van der Waals surface area contributed by atoms with Crippen LogP contribution in [0.5, 0.6) is 0 Å². The molecule has 6 heteroatoms. The van der Waals surface area contributed by atoms with Gasteiger partial charge in [-0.15, -0.1) is 0 Å². The van der Waals surface area contributed by atoms with Crippen molar-refractivity contribution in [2.24, 2.45) is 4.99 Å². The molecule has 1 aromatic carbocycles. The molecule has 1 fully saturated rings. The van der Waals surface area contributed by atoms with E-state index in [1.54, 1.807) is 17.0 Å². The van der Waals surface area contributed by atoms with E-state index in [1.807, 2.05) is 13.8 Å². The van der Waals surface area contributed by atoms with E-state index in [1.165, 1.54) is 23.9 Å². The summed E-state index contributed by atoms with van der Waals surface area (Å²) in [4.78, 5) is 28.6. The number of amides is 1. The van der Waals surface area contributed by atoms with Crippen LogP contribution in [-0.4, -0.2) is 38.8 Å². The van der Waals surface area contributed by atoms with Crippen LogP contribution in [0.2, 0.25) is 0 Å². The minimum atomic E-state index is -0.988. The molecule has 0 radical (unpaired) electrons. The molecule has 19 heavy (non-hydrogen) atoms. The maximum atomic E-state index is 11.7. The number of benzene rings is 1. The van der Waals surface area contributed by atoms with Crippen LogP contribution in [0.15, 0.2) is 29.3 Å². The molecule has 1 saturated heterocycles. The molecule has 1 heterocycles. The van der Waals surface area contributed by atoms with Crippen LogP contribution in [0.25, 0.3) is 0 Å². The van der Waals surface area contributed by atoms with Gasteiger partial charge in [-0.1, -0.05) is 17.8 Å². The zero-order valence-electron chi connectivity index (χ0n) is 10.7. The fraction of sp³-hybridized carbons (Fsp3) is 0.308. The second-order valence-electron chi connectivity index (χ2n) is 4.40. The Hall–Kier alpha value is -1.82. The molecule has 1 amide bonds. The molecule has 0 unspecified atom stereocenters. The van der Waals surface area contributed by atoms with E-state index in [4.69, 9.17) is 5.11 Å². The molecule has 1 aliphatic heterocycles. The van der Waals surface area contributed by atoms with Crippen molar-refractivity contribution in [1.29, 1.82) is 0 Å². The Morgan fingerprint density at radius 1 is 1.47 bits per heavy atom. The number of amidine groups is 1. The second kappa shape index (κ2) is 5.44. The lowest BCUT2D eigenvalue weighted by Gasteiger charge is -2.20. The van der Waals surface area contributed by atoms with E-state index in [9.17, 15) is 9.59 Å². The van der Waals surface area contributed by atoms with E-state index in [0.29, 0.717) is 16.6 Å². The van der Waals surface area contributed by atoms with Gasteiger partial charge >= 0.3 is 5.97 Å². The Bertz CT molecular complexity index is 555. The summed E-state index contributed by atoms with van der Waals surface area (Å²) in [6.07, 6.45) is 0. The third kappa shape index (κ3) is 2.96. The fourth-order valence-corrected chi connectivity index (χ4v) is 2.80. The number of rotatable bonds is 3. The quantitative estimate of drug-likeness (QED) is 0.921. The Kier molecular flexibility index (Phi) is 3.90. The molecule has 100 valence electrons. The molecule has 5 nitrogen and oxygen atoms in total. The summed E-state index contributed by atoms with van der Waals surface area (Å²) in [5.41, 5.74) is 0.732. The van der Waals surface area contributed by atoms with Crippen molar-refractivity contribution in [3.8, 4) is 0 Å². The second-order valence-corrected chi connectivity index (χ2v) is 5.34. The average Bonchev–Trinajstić information content (AvgIpc) is 2.70. The summed E-state index contributed by atoms with van der Waals surface area (Å²) in [5, 5.41) is 9.56. The molecule has 0 saturated carbocycles. The Morgan fingerprint density at radius 3 is 2.84 bits per heavy atom. The van der Waals surface area contributed by atoms with Gasteiger partial charge in [0.15, 0.2) is 5.17 Å². The first-order chi connectivity index (χ1) is 8.99. The highest BCUT2D eigenvalue weighted by molar-refractivity contribution is 8.15. The molecule has 0 bridgehead atoms. The molecule has 1 N–H and O–H groups in total. The van der Waals surface area contributed by atoms with Crippen molar-refractivity contribution in [3.05, 3.63) is 29.8 Å². The SMILES string of the molecule is CC(C)N1C(=O)CSC1=Nc1cccc(C(=O)O)c1. The van der Waals surface area contributed by atoms with Crippen LogP contribution in [-0.2, 0) is 4.79 Å². The summed E-state index contributed by atoms with van der Waals surface area (Å²) in [7, 11) is 0. The zero-order chi connectivity index (χ0) is 14.0. The summed E-state index contributed by atoms with van der Waals surface area (Å²) >= 11 is 1.37. The molecule has 0 aliphatic carbocycles. The van der Waals surface area contributed by atoms with E-state index < -0.39 is 5.97 Å². The number of aliphatic imine (C=N–C) groups is 1. The number of carbonyl (C=O) groups excluding carboxylic acids is 1. The topological polar surface area (TPSA) is 70.0 Å². The number of carboxylic acids is 1. The first-order valence-electron chi connectivity index (χ1n) is 5.86. The van der Waals surface area contributed by atoms with E-state index in [0.717, 1.165) is 0 Å². The number of hydrogen-bond acceptors (Lipinski definition) is 4. The highest BCUT2D eigenvalue weighted by Crippen LogP contribution is 2.25. The number of carbonyl (C=O) groups is 2. The van der Waals surface area contributed by atoms with Gasteiger partial charge < -0.3 is 5.11 Å². The number of thioether (sulfide) groups is 1. The first kappa shape index (κ1) is 13.6. The highest BCUT2D eigenvalue weighted by Gasteiger charge is 2.30. The maximum absolute atomic E-state index is 11.7. The van der Waals surface area contributed by atoms with Crippen LogP contribution in [0.4, 0.5) is 5.69 Å². The molecule has 0 spiro atoms. The van der Waals surface area contributed by atoms with Gasteiger partial charge in [0.1, 0.15) is 0 Å². The minimum Gasteiger partial charge on any atom is -0.478 e. The average molecular weight is 278 g/mol. The van der Waals surface area contributed by atoms with Gasteiger partial charge in [-0.05, 0) is 32.0 Å². The Labute approximate surface area is 115 Å². The summed E-state index contributed by atoms with van der Waals surface area (Å²) in [6.45, 7) is 3.85. The summed E-state index contributed by atoms with van der Waals surface area (Å²) < 4.78 is 0. The lowest BCUT2D eigenvalue weighted by Crippen LogP contribution is -2.35. The van der Waals surface area contributed by atoms with Crippen molar-refractivity contribution < 1.29 is 14.7 Å². The predicted octanol–water partition coefficient (Wildman–Crippen LogP) is 2.36. The van der Waals surface area contributed by atoms with Crippen LogP contribution in [0.1, 0.15) is 24.2 Å². The van der Waals surface area contributed by atoms with Crippen LogP contribution < -0.4 is 0 Å². The lowest BCUT2D eigenvalue weighted by molar-refractivity contribution is -0.125. The van der Waals surface area contributed by atoms with Gasteiger partial charge in [-0.2, -0.15) is 0 Å². The minimum absolute atomic E-state index is 0.0353. The fourth-order valence-electron chi connectivity index (χ4n) is 1.79. The van der Waals surface area contributed by atoms with E-state index in [-0.39, 0.29) is 17.5 Å². The predicted molar refractivity (Wildman–Crippen MR) is 74.9 cm³/mol. The van der Waals surface area contributed by atoms with Crippen LogP contribution in [0.3, 0.4) is 0 Å². The van der Waals surface area contributed by atoms with Crippen molar-refractivity contribution >= 4 is 34.5 Å². The molecule has 0 atom stereocenters. The Balaban J connectivity index is 2.33. The standard InChI is InChI=1S/C13H14N2O3S/c1-8(2)15-11(16)7-19-13(15)14-10-5-3-4-9(6-10)12(17)18/h3-6,8H,7H2,1-2H3,(H,17,18). The van der Waals surface area contributed by atoms with Gasteiger partial charge in [-0.3, -0.25) is 9.69 Å². The first-order valence-corrected chi connectivity index (χ1v) is 6.84. The maximum Gasteiger partial charge on any atom is 0.335 e. The molecule has 1 aliphatic rings. The zero-order valence-corrected chi connectivity index (χ0v) is 11.5. The van der Waals surface area contributed by atoms with E-state index in [2.05, 4.69) is 4.99 Å². The molecule has 1 aromatic rings. The molecular formula is C13H14N2O3S. The molecular weight excluding hydrogens is 264 g/mol. The number of nitrogens with zero attached hydrogens (tertiary/aromatic N) is 2. The van der Waals surface area contributed by atoms with Gasteiger partial charge in [0.05, 0.1) is 17.0 Å². The number of aromatic carboxylic acids is 1. The van der Waals surface area contributed by atoms with Crippen molar-refractivity contribution in [1.82, 2.24) is 4.90 Å². The molecule has 0 aromatic heterocycles. The van der Waals surface area contributed by atoms with Gasteiger partial charge in [0.2, 0.25) is 5.91 Å². The van der Waals surface area contributed by atoms with Crippen LogP contribution >= 0.6 is 11.8 Å². The summed E-state index contributed by atoms with van der Waals surface area (Å²) in [6, 6.07) is 6.42. The monoisotopic (exact) mass is 278 g/mol. The normalized spacial score (nSPS) is 17.5. The number of hydrogen-bond donors (Lipinski definition) is 1. The lowest BCUT2D eigenvalue weighted by atomic mass is 10.2. The Morgan fingerprint density at radius 2 is 2.21 bits per heavy atom. The van der Waals surface area contributed by atoms with Crippen molar-refractivity contribution in [2.75, 3.05) is 5.75 Å². The largest absolute Gasteiger partial charge is 0.478 e. The third-order valence-corrected chi connectivity index (χ3v) is 3.57. The smallest absolute Gasteiger partial charge is 0.335 e. The third-order valence-electron chi connectivity index (χ3n) is 2.63. The van der Waals surface area contributed by atoms with Gasteiger partial charge in [-0.25, -0.2) is 9.79 Å². The van der Waals surface area contributed by atoms with Crippen LogP contribution in [0, 0.1) is 0 Å². The van der Waals surface area contributed by atoms with Gasteiger partial charge in [0.25, 0.3) is 0 Å². The van der Waals surface area contributed by atoms with Gasteiger partial charge in [0, 0.05) is 6.04 Å². The van der Waals surface area contributed by atoms with E-state index >= 15 is 0 Å². The molecule has 2 rings (SSSR count). The number of carboxylic acid groups (broad SMARTS) is 1. The van der Waals surface area contributed by atoms with Crippen molar-refractivity contribution in [3.63, 3.8) is 0 Å². The van der Waals surface area contributed by atoms with Crippen molar-refractivity contribution in [2.45, 2.75) is 19.9 Å².